The zero-order valence-corrected chi connectivity index (χ0v) is 12.3. The predicted octanol–water partition coefficient (Wildman–Crippen LogP) is 3.29. The molecular formula is C15H32N2. The van der Waals surface area contributed by atoms with Gasteiger partial charge in [-0.2, -0.15) is 0 Å². The summed E-state index contributed by atoms with van der Waals surface area (Å²) in [5.74, 6) is 0.745. The van der Waals surface area contributed by atoms with Gasteiger partial charge in [0, 0.05) is 6.54 Å². The van der Waals surface area contributed by atoms with E-state index in [-0.39, 0.29) is 0 Å². The van der Waals surface area contributed by atoms with Crippen LogP contribution in [0.1, 0.15) is 47.0 Å². The van der Waals surface area contributed by atoms with Crippen LogP contribution in [-0.2, 0) is 0 Å². The summed E-state index contributed by atoms with van der Waals surface area (Å²) in [6, 6.07) is 0. The average Bonchev–Trinajstić information content (AvgIpc) is 2.25. The Morgan fingerprint density at radius 1 is 1.29 bits per heavy atom. The van der Waals surface area contributed by atoms with Gasteiger partial charge in [-0.05, 0) is 50.2 Å². The molecule has 0 aliphatic carbocycles. The molecule has 2 N–H and O–H groups in total. The van der Waals surface area contributed by atoms with E-state index in [9.17, 15) is 0 Å². The minimum atomic E-state index is 0.384. The maximum atomic E-state index is 5.71. The molecule has 0 aromatic heterocycles. The Morgan fingerprint density at radius 2 is 1.94 bits per heavy atom. The number of likely N-dealkylation sites (N-methyl/N-ethyl adjacent to an activating group) is 1. The Kier molecular flexibility index (Phi) is 8.53. The molecular weight excluding hydrogens is 208 g/mol. The molecule has 2 heteroatoms. The van der Waals surface area contributed by atoms with Crippen LogP contribution in [0, 0.1) is 11.3 Å². The topological polar surface area (TPSA) is 29.3 Å². The third-order valence-electron chi connectivity index (χ3n) is 3.60. The maximum Gasteiger partial charge on any atom is 0.0160 e. The van der Waals surface area contributed by atoms with Gasteiger partial charge in [-0.3, -0.25) is 4.90 Å². The molecule has 0 rings (SSSR count). The Balaban J connectivity index is 4.00. The highest BCUT2D eigenvalue weighted by Gasteiger charge is 2.23. The van der Waals surface area contributed by atoms with Crippen LogP contribution in [0.4, 0.5) is 0 Å². The van der Waals surface area contributed by atoms with Crippen molar-refractivity contribution in [3.8, 4) is 0 Å². The fourth-order valence-electron chi connectivity index (χ4n) is 2.33. The fourth-order valence-corrected chi connectivity index (χ4v) is 2.33. The Morgan fingerprint density at radius 3 is 2.35 bits per heavy atom. The second-order valence-electron chi connectivity index (χ2n) is 5.96. The molecule has 0 bridgehead atoms. The van der Waals surface area contributed by atoms with E-state index in [1.165, 1.54) is 19.4 Å². The fraction of sp³-hybridized carbons (Fsp3) is 0.867. The molecule has 0 heterocycles. The first-order chi connectivity index (χ1) is 7.95. The molecule has 0 fully saturated rings. The van der Waals surface area contributed by atoms with E-state index in [4.69, 9.17) is 5.73 Å². The molecule has 0 spiro atoms. The normalized spacial score (nSPS) is 14.0. The highest BCUT2D eigenvalue weighted by atomic mass is 15.1. The van der Waals surface area contributed by atoms with Gasteiger partial charge < -0.3 is 5.73 Å². The van der Waals surface area contributed by atoms with Crippen molar-refractivity contribution in [1.82, 2.24) is 4.90 Å². The molecule has 0 aromatic rings. The third-order valence-corrected chi connectivity index (χ3v) is 3.60. The van der Waals surface area contributed by atoms with Gasteiger partial charge in [0.1, 0.15) is 0 Å². The summed E-state index contributed by atoms with van der Waals surface area (Å²) in [5.41, 5.74) is 6.09. The second-order valence-corrected chi connectivity index (χ2v) is 5.96. The molecule has 0 aliphatic heterocycles. The molecule has 0 saturated heterocycles. The molecule has 0 saturated carbocycles. The van der Waals surface area contributed by atoms with Crippen molar-refractivity contribution in [2.45, 2.75) is 47.0 Å². The van der Waals surface area contributed by atoms with Crippen LogP contribution in [0.2, 0.25) is 0 Å². The molecule has 1 unspecified atom stereocenters. The highest BCUT2D eigenvalue weighted by Crippen LogP contribution is 2.32. The van der Waals surface area contributed by atoms with Crippen LogP contribution in [0.5, 0.6) is 0 Å². The molecule has 1 atom stereocenters. The first kappa shape index (κ1) is 16.7. The lowest BCUT2D eigenvalue weighted by Gasteiger charge is -2.31. The van der Waals surface area contributed by atoms with Crippen LogP contribution in [0.3, 0.4) is 0 Å². The van der Waals surface area contributed by atoms with Crippen molar-refractivity contribution in [2.24, 2.45) is 17.1 Å². The average molecular weight is 240 g/mol. The lowest BCUT2D eigenvalue weighted by Crippen LogP contribution is -2.27. The monoisotopic (exact) mass is 240 g/mol. The van der Waals surface area contributed by atoms with Gasteiger partial charge in [0.25, 0.3) is 0 Å². The summed E-state index contributed by atoms with van der Waals surface area (Å²) >= 11 is 0. The van der Waals surface area contributed by atoms with Crippen molar-refractivity contribution in [2.75, 3.05) is 26.2 Å². The van der Waals surface area contributed by atoms with Gasteiger partial charge >= 0.3 is 0 Å². The van der Waals surface area contributed by atoms with Crippen molar-refractivity contribution < 1.29 is 0 Å². The lowest BCUT2D eigenvalue weighted by atomic mass is 9.76. The van der Waals surface area contributed by atoms with Gasteiger partial charge in [-0.1, -0.05) is 33.8 Å². The number of hydrogen-bond acceptors (Lipinski definition) is 2. The molecule has 2 nitrogen and oxygen atoms in total. The summed E-state index contributed by atoms with van der Waals surface area (Å²) in [4.78, 5) is 2.44. The van der Waals surface area contributed by atoms with Crippen LogP contribution in [0.15, 0.2) is 12.7 Å². The van der Waals surface area contributed by atoms with E-state index in [2.05, 4.69) is 39.2 Å². The first-order valence-corrected chi connectivity index (χ1v) is 6.99. The SMILES string of the molecule is C=CCN(CC)CCCC(CCN)C(C)(C)C. The largest absolute Gasteiger partial charge is 0.330 e. The smallest absolute Gasteiger partial charge is 0.0160 e. The number of hydrogen-bond donors (Lipinski definition) is 1. The van der Waals surface area contributed by atoms with E-state index in [1.54, 1.807) is 0 Å². The number of nitrogens with zero attached hydrogens (tertiary/aromatic N) is 1. The summed E-state index contributed by atoms with van der Waals surface area (Å²) in [6.07, 6.45) is 5.69. The summed E-state index contributed by atoms with van der Waals surface area (Å²) in [7, 11) is 0. The zero-order chi connectivity index (χ0) is 13.3. The third kappa shape index (κ3) is 7.56. The van der Waals surface area contributed by atoms with Gasteiger partial charge in [-0.25, -0.2) is 0 Å². The standard InChI is InChI=1S/C15H32N2/c1-6-12-17(7-2)13-8-9-14(10-11-16)15(3,4)5/h6,14H,1,7-13,16H2,2-5H3. The maximum absolute atomic E-state index is 5.71. The molecule has 0 aromatic carbocycles. The summed E-state index contributed by atoms with van der Waals surface area (Å²) in [5, 5.41) is 0. The predicted molar refractivity (Wildman–Crippen MR) is 78.2 cm³/mol. The van der Waals surface area contributed by atoms with Gasteiger partial charge in [0.05, 0.1) is 0 Å². The Bertz CT molecular complexity index is 194. The van der Waals surface area contributed by atoms with E-state index in [1.807, 2.05) is 6.08 Å². The number of nitrogens with two attached hydrogens (primary N) is 1. The molecule has 0 aliphatic rings. The lowest BCUT2D eigenvalue weighted by molar-refractivity contribution is 0.198. The van der Waals surface area contributed by atoms with Crippen molar-refractivity contribution in [3.05, 3.63) is 12.7 Å². The van der Waals surface area contributed by atoms with Crippen molar-refractivity contribution >= 4 is 0 Å². The van der Waals surface area contributed by atoms with Crippen LogP contribution in [-0.4, -0.2) is 31.1 Å². The molecule has 17 heavy (non-hydrogen) atoms. The number of rotatable bonds is 9. The molecule has 0 amide bonds. The molecule has 102 valence electrons. The van der Waals surface area contributed by atoms with E-state index in [0.29, 0.717) is 5.41 Å². The Labute approximate surface area is 108 Å². The van der Waals surface area contributed by atoms with E-state index >= 15 is 0 Å². The minimum Gasteiger partial charge on any atom is -0.330 e. The Hall–Kier alpha value is -0.340. The summed E-state index contributed by atoms with van der Waals surface area (Å²) in [6.45, 7) is 17.1. The quantitative estimate of drug-likeness (QED) is 0.627. The van der Waals surface area contributed by atoms with Crippen LogP contribution >= 0.6 is 0 Å². The van der Waals surface area contributed by atoms with Crippen LogP contribution < -0.4 is 5.73 Å². The van der Waals surface area contributed by atoms with Gasteiger partial charge in [0.2, 0.25) is 0 Å². The molecule has 0 radical (unpaired) electrons. The highest BCUT2D eigenvalue weighted by molar-refractivity contribution is 4.76. The minimum absolute atomic E-state index is 0.384. The zero-order valence-electron chi connectivity index (χ0n) is 12.3. The van der Waals surface area contributed by atoms with Gasteiger partial charge in [0.15, 0.2) is 0 Å². The van der Waals surface area contributed by atoms with Gasteiger partial charge in [-0.15, -0.1) is 6.58 Å². The summed E-state index contributed by atoms with van der Waals surface area (Å²) < 4.78 is 0. The first-order valence-electron chi connectivity index (χ1n) is 6.99. The van der Waals surface area contributed by atoms with Crippen molar-refractivity contribution in [3.63, 3.8) is 0 Å². The van der Waals surface area contributed by atoms with Crippen LogP contribution in [0.25, 0.3) is 0 Å². The van der Waals surface area contributed by atoms with E-state index in [0.717, 1.165) is 32.0 Å². The van der Waals surface area contributed by atoms with Crippen molar-refractivity contribution in [1.29, 1.82) is 0 Å². The second kappa shape index (κ2) is 8.71. The van der Waals surface area contributed by atoms with E-state index < -0.39 is 0 Å².